The minimum atomic E-state index is -0.477. The number of tetrazole rings is 1. The van der Waals surface area contributed by atoms with Gasteiger partial charge in [0.15, 0.2) is 0 Å². The molecule has 1 saturated carbocycles. The number of halogens is 1. The predicted octanol–water partition coefficient (Wildman–Crippen LogP) is 3.88. The second-order valence-corrected chi connectivity index (χ2v) is 11.2. The summed E-state index contributed by atoms with van der Waals surface area (Å²) in [5.74, 6) is 0.302. The standard InChI is InChI=1S/C26H31FN10O/c1-26(2)13-16(10-17-6-5-9-36(17)26)30-23-21(28-3)14-29-24(32-23)31-20-12-22(37-25(38)35(4)33-34-37)18(11-19(20)27)15-7-8-15/h11-12,14-17H,5-10,13H2,1-2,4H3,(H2,29,30,31,32)/t16-,17?/m1/s1. The van der Waals surface area contributed by atoms with Gasteiger partial charge in [-0.05, 0) is 93.0 Å². The number of aromatic nitrogens is 6. The number of anilines is 3. The fourth-order valence-electron chi connectivity index (χ4n) is 6.10. The molecule has 11 nitrogen and oxygen atoms in total. The predicted molar refractivity (Wildman–Crippen MR) is 141 cm³/mol. The fourth-order valence-corrected chi connectivity index (χ4v) is 6.10. The lowest BCUT2D eigenvalue weighted by molar-refractivity contribution is 0.0501. The maximum Gasteiger partial charge on any atom is 0.368 e. The van der Waals surface area contributed by atoms with E-state index >= 15 is 4.39 Å². The Morgan fingerprint density at radius 3 is 2.74 bits per heavy atom. The summed E-state index contributed by atoms with van der Waals surface area (Å²) in [6.07, 6.45) is 7.63. The van der Waals surface area contributed by atoms with E-state index in [0.717, 1.165) is 42.5 Å². The van der Waals surface area contributed by atoms with Crippen LogP contribution in [0.15, 0.2) is 23.1 Å². The van der Waals surface area contributed by atoms with Gasteiger partial charge in [-0.2, -0.15) is 9.36 Å². The zero-order valence-electron chi connectivity index (χ0n) is 21.8. The average molecular weight is 519 g/mol. The number of rotatable bonds is 6. The monoisotopic (exact) mass is 518 g/mol. The number of hydrogen-bond donors (Lipinski definition) is 2. The first kappa shape index (κ1) is 24.5. The van der Waals surface area contributed by atoms with Crippen LogP contribution in [-0.2, 0) is 7.05 Å². The van der Waals surface area contributed by atoms with Crippen LogP contribution in [0.2, 0.25) is 0 Å². The topological polar surface area (TPSA) is 110 Å². The number of aryl methyl sites for hydroxylation is 1. The van der Waals surface area contributed by atoms with Gasteiger partial charge in [0.1, 0.15) is 11.6 Å². The number of piperidine rings is 1. The van der Waals surface area contributed by atoms with E-state index in [1.807, 2.05) is 0 Å². The molecule has 38 heavy (non-hydrogen) atoms. The van der Waals surface area contributed by atoms with Crippen LogP contribution in [0.25, 0.3) is 10.5 Å². The Balaban J connectivity index is 1.30. The molecule has 1 aliphatic carbocycles. The average Bonchev–Trinajstić information content (AvgIpc) is 3.52. The molecule has 198 valence electrons. The van der Waals surface area contributed by atoms with Gasteiger partial charge in [0.25, 0.3) is 0 Å². The molecule has 12 heteroatoms. The Kier molecular flexibility index (Phi) is 5.90. The van der Waals surface area contributed by atoms with Crippen molar-refractivity contribution in [3.8, 4) is 5.69 Å². The molecule has 0 radical (unpaired) electrons. The molecule has 2 N–H and O–H groups in total. The molecule has 0 bridgehead atoms. The Morgan fingerprint density at radius 1 is 1.21 bits per heavy atom. The second-order valence-electron chi connectivity index (χ2n) is 11.2. The van der Waals surface area contributed by atoms with Crippen LogP contribution >= 0.6 is 0 Å². The summed E-state index contributed by atoms with van der Waals surface area (Å²) in [6.45, 7) is 13.3. The third-order valence-corrected chi connectivity index (χ3v) is 8.02. The number of nitrogens with zero attached hydrogens (tertiary/aromatic N) is 8. The smallest absolute Gasteiger partial charge is 0.368 e. The molecule has 1 aromatic carbocycles. The highest BCUT2D eigenvalue weighted by molar-refractivity contribution is 5.68. The first-order valence-electron chi connectivity index (χ1n) is 13.1. The van der Waals surface area contributed by atoms with E-state index < -0.39 is 11.5 Å². The van der Waals surface area contributed by atoms with Crippen molar-refractivity contribution in [3.05, 3.63) is 51.6 Å². The normalized spacial score (nSPS) is 22.6. The summed E-state index contributed by atoms with van der Waals surface area (Å²) in [6, 6.07) is 3.68. The Hall–Kier alpha value is -3.85. The number of nitrogens with one attached hydrogen (secondary N) is 2. The first-order valence-corrected chi connectivity index (χ1v) is 13.1. The van der Waals surface area contributed by atoms with E-state index in [0.29, 0.717) is 23.2 Å². The molecule has 0 amide bonds. The summed E-state index contributed by atoms with van der Waals surface area (Å²) in [5.41, 5.74) is 1.29. The van der Waals surface area contributed by atoms with Crippen molar-refractivity contribution in [1.29, 1.82) is 0 Å². The largest absolute Gasteiger partial charge is 0.376 e. The molecular weight excluding hydrogens is 487 g/mol. The van der Waals surface area contributed by atoms with Crippen LogP contribution in [0.1, 0.15) is 63.9 Å². The number of fused-ring (bicyclic) bond motifs is 1. The molecule has 6 rings (SSSR count). The van der Waals surface area contributed by atoms with E-state index in [9.17, 15) is 4.79 Å². The number of hydrogen-bond acceptors (Lipinski definition) is 8. The summed E-state index contributed by atoms with van der Waals surface area (Å²) in [7, 11) is 1.52. The minimum absolute atomic E-state index is 0.0602. The Bertz CT molecular complexity index is 1480. The lowest BCUT2D eigenvalue weighted by Gasteiger charge is -2.48. The summed E-state index contributed by atoms with van der Waals surface area (Å²) >= 11 is 0. The SMILES string of the molecule is [C-]#[N+]c1cnc(Nc2cc(-n3nnn(C)c3=O)c(C3CC3)cc2F)nc1N[C@@H]1CC2CCCN2C(C)(C)C1. The van der Waals surface area contributed by atoms with E-state index in [4.69, 9.17) is 6.57 Å². The van der Waals surface area contributed by atoms with Crippen LogP contribution in [0.5, 0.6) is 0 Å². The zero-order chi connectivity index (χ0) is 26.6. The van der Waals surface area contributed by atoms with Gasteiger partial charge in [-0.3, -0.25) is 4.90 Å². The molecule has 3 aliphatic rings. The molecule has 3 aromatic rings. The maximum atomic E-state index is 15.2. The molecule has 0 spiro atoms. The summed E-state index contributed by atoms with van der Waals surface area (Å²) in [5, 5.41) is 14.2. The van der Waals surface area contributed by atoms with Gasteiger partial charge in [-0.15, -0.1) is 0 Å². The first-order chi connectivity index (χ1) is 18.2. The lowest BCUT2D eigenvalue weighted by atomic mass is 9.84. The van der Waals surface area contributed by atoms with Crippen LogP contribution in [0.4, 0.5) is 27.5 Å². The van der Waals surface area contributed by atoms with Gasteiger partial charge in [0, 0.05) is 30.9 Å². The van der Waals surface area contributed by atoms with Crippen molar-refractivity contribution in [2.45, 2.75) is 75.9 Å². The van der Waals surface area contributed by atoms with Crippen LogP contribution < -0.4 is 16.3 Å². The van der Waals surface area contributed by atoms with Gasteiger partial charge >= 0.3 is 5.69 Å². The van der Waals surface area contributed by atoms with E-state index in [1.165, 1.54) is 36.8 Å². The van der Waals surface area contributed by atoms with Gasteiger partial charge in [-0.1, -0.05) is 0 Å². The minimum Gasteiger partial charge on any atom is -0.376 e. The second kappa shape index (κ2) is 9.16. The lowest BCUT2D eigenvalue weighted by Crippen LogP contribution is -2.55. The van der Waals surface area contributed by atoms with E-state index in [1.54, 1.807) is 6.07 Å². The highest BCUT2D eigenvalue weighted by Crippen LogP contribution is 2.44. The molecule has 3 fully saturated rings. The third kappa shape index (κ3) is 4.41. The summed E-state index contributed by atoms with van der Waals surface area (Å²) < 4.78 is 17.6. The highest BCUT2D eigenvalue weighted by Gasteiger charge is 2.43. The van der Waals surface area contributed by atoms with Crippen molar-refractivity contribution < 1.29 is 4.39 Å². The molecule has 2 aliphatic heterocycles. The zero-order valence-corrected chi connectivity index (χ0v) is 21.8. The molecular formula is C26H31FN10O. The maximum absolute atomic E-state index is 15.2. The number of benzene rings is 1. The Morgan fingerprint density at radius 2 is 2.03 bits per heavy atom. The Labute approximate surface area is 219 Å². The fraction of sp³-hybridized carbons (Fsp3) is 0.538. The summed E-state index contributed by atoms with van der Waals surface area (Å²) in [4.78, 5) is 27.6. The van der Waals surface area contributed by atoms with Crippen LogP contribution in [0, 0.1) is 12.4 Å². The van der Waals surface area contributed by atoms with Gasteiger partial charge in [0.2, 0.25) is 11.6 Å². The quantitative estimate of drug-likeness (QED) is 0.473. The van der Waals surface area contributed by atoms with Crippen molar-refractivity contribution in [1.82, 2.24) is 34.7 Å². The van der Waals surface area contributed by atoms with Gasteiger partial charge in [0.05, 0.1) is 17.9 Å². The van der Waals surface area contributed by atoms with E-state index in [-0.39, 0.29) is 29.1 Å². The molecule has 2 saturated heterocycles. The molecule has 2 aromatic heterocycles. The molecule has 4 heterocycles. The molecule has 1 unspecified atom stereocenters. The van der Waals surface area contributed by atoms with Gasteiger partial charge in [-0.25, -0.2) is 24.0 Å². The van der Waals surface area contributed by atoms with Gasteiger partial charge < -0.3 is 10.6 Å². The van der Waals surface area contributed by atoms with E-state index in [2.05, 4.69) is 54.6 Å². The molecule has 2 atom stereocenters. The van der Waals surface area contributed by atoms with Crippen molar-refractivity contribution in [3.63, 3.8) is 0 Å². The van der Waals surface area contributed by atoms with Crippen LogP contribution in [0.3, 0.4) is 0 Å². The van der Waals surface area contributed by atoms with Crippen molar-refractivity contribution in [2.75, 3.05) is 17.2 Å². The van der Waals surface area contributed by atoms with Crippen molar-refractivity contribution in [2.24, 2.45) is 7.05 Å². The highest BCUT2D eigenvalue weighted by atomic mass is 19.1. The van der Waals surface area contributed by atoms with Crippen molar-refractivity contribution >= 4 is 23.1 Å². The van der Waals surface area contributed by atoms with Crippen LogP contribution in [-0.4, -0.2) is 58.8 Å². The third-order valence-electron chi connectivity index (χ3n) is 8.02.